The Morgan fingerprint density at radius 3 is 2.94 bits per heavy atom. The lowest BCUT2D eigenvalue weighted by molar-refractivity contribution is -0.135. The average Bonchev–Trinajstić information content (AvgIpc) is 2.61. The summed E-state index contributed by atoms with van der Waals surface area (Å²) in [7, 11) is 1.63. The van der Waals surface area contributed by atoms with Crippen LogP contribution in [0.1, 0.15) is 5.56 Å². The second kappa shape index (κ2) is 3.84. The Hall–Kier alpha value is -2.04. The number of benzene rings is 1. The van der Waals surface area contributed by atoms with Crippen LogP contribution >= 0.6 is 0 Å². The molecule has 0 atom stereocenters. The van der Waals surface area contributed by atoms with Gasteiger partial charge in [-0.2, -0.15) is 4.98 Å². The molecule has 5 nitrogen and oxygen atoms in total. The molecule has 16 heavy (non-hydrogen) atoms. The number of nitrogens with zero attached hydrogens (tertiary/aromatic N) is 2. The van der Waals surface area contributed by atoms with Crippen LogP contribution in [0.25, 0.3) is 11.1 Å². The number of aryl methyl sites for hydroxylation is 1. The minimum atomic E-state index is -0.915. The summed E-state index contributed by atoms with van der Waals surface area (Å²) in [6, 6.07) is 5.95. The van der Waals surface area contributed by atoms with Crippen LogP contribution in [0.5, 0.6) is 0 Å². The smallest absolute Gasteiger partial charge is 0.323 e. The molecule has 2 aromatic rings. The van der Waals surface area contributed by atoms with Gasteiger partial charge < -0.3 is 14.4 Å². The van der Waals surface area contributed by atoms with Crippen molar-refractivity contribution in [3.63, 3.8) is 0 Å². The van der Waals surface area contributed by atoms with Crippen molar-refractivity contribution in [2.24, 2.45) is 0 Å². The van der Waals surface area contributed by atoms with Gasteiger partial charge in [-0.15, -0.1) is 0 Å². The molecule has 1 aromatic heterocycles. The van der Waals surface area contributed by atoms with Gasteiger partial charge in [0.25, 0.3) is 6.01 Å². The van der Waals surface area contributed by atoms with Crippen molar-refractivity contribution in [3.8, 4) is 0 Å². The maximum Gasteiger partial charge on any atom is 0.323 e. The summed E-state index contributed by atoms with van der Waals surface area (Å²) in [5.41, 5.74) is 2.46. The van der Waals surface area contributed by atoms with Crippen LogP contribution in [0.4, 0.5) is 6.01 Å². The SMILES string of the molecule is Cc1cccc2oc(N(C)CC(=O)O)nc12. The molecule has 1 N–H and O–H groups in total. The quantitative estimate of drug-likeness (QED) is 0.852. The van der Waals surface area contributed by atoms with Crippen molar-refractivity contribution < 1.29 is 14.3 Å². The predicted molar refractivity (Wildman–Crippen MR) is 59.7 cm³/mol. The Bertz CT molecular complexity index is 533. The standard InChI is InChI=1S/C11H12N2O3/c1-7-4-3-5-8-10(7)12-11(16-8)13(2)6-9(14)15/h3-5H,6H2,1-2H3,(H,14,15). The van der Waals surface area contributed by atoms with Gasteiger partial charge in [0.15, 0.2) is 5.58 Å². The molecule has 5 heteroatoms. The second-order valence-corrected chi connectivity index (χ2v) is 3.67. The number of aromatic nitrogens is 1. The second-order valence-electron chi connectivity index (χ2n) is 3.67. The molecule has 0 spiro atoms. The van der Waals surface area contributed by atoms with Crippen molar-refractivity contribution in [2.45, 2.75) is 6.92 Å². The van der Waals surface area contributed by atoms with Gasteiger partial charge in [0.05, 0.1) is 0 Å². The molecular weight excluding hydrogens is 208 g/mol. The first-order chi connectivity index (χ1) is 7.58. The summed E-state index contributed by atoms with van der Waals surface area (Å²) in [6.07, 6.45) is 0. The number of anilines is 1. The summed E-state index contributed by atoms with van der Waals surface area (Å²) in [5, 5.41) is 8.66. The maximum absolute atomic E-state index is 10.6. The van der Waals surface area contributed by atoms with Gasteiger partial charge in [-0.1, -0.05) is 12.1 Å². The van der Waals surface area contributed by atoms with E-state index in [1.165, 1.54) is 4.90 Å². The Kier molecular flexibility index (Phi) is 2.52. The molecule has 1 heterocycles. The van der Waals surface area contributed by atoms with E-state index in [4.69, 9.17) is 9.52 Å². The van der Waals surface area contributed by atoms with Crippen molar-refractivity contribution in [2.75, 3.05) is 18.5 Å². The highest BCUT2D eigenvalue weighted by atomic mass is 16.4. The molecule has 0 aliphatic carbocycles. The topological polar surface area (TPSA) is 66.6 Å². The van der Waals surface area contributed by atoms with Crippen LogP contribution in [0.3, 0.4) is 0 Å². The summed E-state index contributed by atoms with van der Waals surface area (Å²) in [5.74, 6) is -0.915. The van der Waals surface area contributed by atoms with Gasteiger partial charge in [-0.25, -0.2) is 0 Å². The summed E-state index contributed by atoms with van der Waals surface area (Å²) >= 11 is 0. The number of hydrogen-bond acceptors (Lipinski definition) is 4. The largest absolute Gasteiger partial charge is 0.480 e. The van der Waals surface area contributed by atoms with E-state index in [1.807, 2.05) is 25.1 Å². The maximum atomic E-state index is 10.6. The van der Waals surface area contributed by atoms with Crippen molar-refractivity contribution >= 4 is 23.1 Å². The third-order valence-corrected chi connectivity index (χ3v) is 2.31. The minimum absolute atomic E-state index is 0.133. The van der Waals surface area contributed by atoms with E-state index in [-0.39, 0.29) is 6.54 Å². The van der Waals surface area contributed by atoms with E-state index in [2.05, 4.69) is 4.98 Å². The lowest BCUT2D eigenvalue weighted by Crippen LogP contribution is -2.25. The number of para-hydroxylation sites is 1. The van der Waals surface area contributed by atoms with Crippen LogP contribution in [0.2, 0.25) is 0 Å². The monoisotopic (exact) mass is 220 g/mol. The predicted octanol–water partition coefficient (Wildman–Crippen LogP) is 1.66. The summed E-state index contributed by atoms with van der Waals surface area (Å²) in [6.45, 7) is 1.80. The third-order valence-electron chi connectivity index (χ3n) is 2.31. The Morgan fingerprint density at radius 2 is 2.31 bits per heavy atom. The fourth-order valence-electron chi connectivity index (χ4n) is 1.51. The van der Waals surface area contributed by atoms with Gasteiger partial charge in [0.2, 0.25) is 0 Å². The van der Waals surface area contributed by atoms with Crippen molar-refractivity contribution in [3.05, 3.63) is 23.8 Å². The van der Waals surface area contributed by atoms with E-state index < -0.39 is 5.97 Å². The minimum Gasteiger partial charge on any atom is -0.480 e. The first-order valence-corrected chi connectivity index (χ1v) is 4.87. The molecule has 0 radical (unpaired) electrons. The number of aliphatic carboxylic acids is 1. The van der Waals surface area contributed by atoms with E-state index in [9.17, 15) is 4.79 Å². The zero-order valence-electron chi connectivity index (χ0n) is 9.10. The van der Waals surface area contributed by atoms with E-state index in [1.54, 1.807) is 7.05 Å². The molecule has 84 valence electrons. The van der Waals surface area contributed by atoms with Gasteiger partial charge >= 0.3 is 5.97 Å². The lowest BCUT2D eigenvalue weighted by atomic mass is 10.2. The number of oxazole rings is 1. The van der Waals surface area contributed by atoms with Crippen LogP contribution in [-0.2, 0) is 4.79 Å². The molecule has 0 saturated carbocycles. The van der Waals surface area contributed by atoms with Crippen molar-refractivity contribution in [1.82, 2.24) is 4.98 Å². The highest BCUT2D eigenvalue weighted by Crippen LogP contribution is 2.23. The van der Waals surface area contributed by atoms with Gasteiger partial charge in [0.1, 0.15) is 12.1 Å². The number of rotatable bonds is 3. The fourth-order valence-corrected chi connectivity index (χ4v) is 1.51. The van der Waals surface area contributed by atoms with Crippen LogP contribution in [0.15, 0.2) is 22.6 Å². The van der Waals surface area contributed by atoms with Crippen molar-refractivity contribution in [1.29, 1.82) is 0 Å². The molecule has 0 amide bonds. The Balaban J connectivity index is 2.39. The number of hydrogen-bond donors (Lipinski definition) is 1. The van der Waals surface area contributed by atoms with Crippen LogP contribution in [-0.4, -0.2) is 29.7 Å². The molecular formula is C11H12N2O3. The number of fused-ring (bicyclic) bond motifs is 1. The first-order valence-electron chi connectivity index (χ1n) is 4.87. The van der Waals surface area contributed by atoms with Crippen LogP contribution in [0, 0.1) is 6.92 Å². The molecule has 2 rings (SSSR count). The van der Waals surface area contributed by atoms with E-state index in [0.29, 0.717) is 11.6 Å². The zero-order chi connectivity index (χ0) is 11.7. The van der Waals surface area contributed by atoms with Gasteiger partial charge in [-0.05, 0) is 18.6 Å². The lowest BCUT2D eigenvalue weighted by Gasteiger charge is -2.09. The molecule has 0 bridgehead atoms. The number of carboxylic acids is 1. The summed E-state index contributed by atoms with van der Waals surface area (Å²) in [4.78, 5) is 16.3. The first kappa shape index (κ1) is 10.5. The Labute approximate surface area is 92.3 Å². The molecule has 0 aliphatic rings. The zero-order valence-corrected chi connectivity index (χ0v) is 9.10. The highest BCUT2D eigenvalue weighted by Gasteiger charge is 2.13. The number of likely N-dealkylation sites (N-methyl/N-ethyl adjacent to an activating group) is 1. The average molecular weight is 220 g/mol. The third kappa shape index (κ3) is 1.84. The summed E-state index contributed by atoms with van der Waals surface area (Å²) < 4.78 is 5.46. The molecule has 1 aromatic carbocycles. The fraction of sp³-hybridized carbons (Fsp3) is 0.273. The van der Waals surface area contributed by atoms with E-state index in [0.717, 1.165) is 11.1 Å². The molecule has 0 aliphatic heterocycles. The normalized spacial score (nSPS) is 10.6. The molecule has 0 unspecified atom stereocenters. The Morgan fingerprint density at radius 1 is 1.56 bits per heavy atom. The molecule has 0 fully saturated rings. The molecule has 0 saturated heterocycles. The van der Waals surface area contributed by atoms with Gasteiger partial charge in [-0.3, -0.25) is 4.79 Å². The number of carbonyl (C=O) groups is 1. The van der Waals surface area contributed by atoms with Gasteiger partial charge in [0, 0.05) is 7.05 Å². The van der Waals surface area contributed by atoms with Crippen LogP contribution < -0.4 is 4.90 Å². The van der Waals surface area contributed by atoms with E-state index >= 15 is 0 Å². The number of carboxylic acid groups (broad SMARTS) is 1. The highest BCUT2D eigenvalue weighted by molar-refractivity contribution is 5.79.